The van der Waals surface area contributed by atoms with E-state index >= 15 is 0 Å². The number of likely N-dealkylation sites (tertiary alicyclic amines) is 1. The molecule has 1 N–H and O–H groups in total. The SMILES string of the molecule is CCNC(=NCc1ccccc1OCc1ccccc1)N1CCC(COC)C1.I. The number of rotatable bonds is 8. The second kappa shape index (κ2) is 12.7. The number of ether oxygens (including phenoxy) is 2. The molecule has 1 fully saturated rings. The lowest BCUT2D eigenvalue weighted by molar-refractivity contribution is 0.157. The van der Waals surface area contributed by atoms with Crippen molar-refractivity contribution in [1.82, 2.24) is 10.2 Å². The molecule has 0 spiro atoms. The second-order valence-electron chi connectivity index (χ2n) is 7.11. The highest BCUT2D eigenvalue weighted by Crippen LogP contribution is 2.21. The van der Waals surface area contributed by atoms with Gasteiger partial charge in [0.25, 0.3) is 0 Å². The zero-order valence-electron chi connectivity index (χ0n) is 17.3. The minimum absolute atomic E-state index is 0. The summed E-state index contributed by atoms with van der Waals surface area (Å²) in [6, 6.07) is 18.4. The van der Waals surface area contributed by atoms with Gasteiger partial charge in [0.05, 0.1) is 13.2 Å². The number of methoxy groups -OCH3 is 1. The van der Waals surface area contributed by atoms with Gasteiger partial charge in [0.2, 0.25) is 0 Å². The largest absolute Gasteiger partial charge is 0.489 e. The summed E-state index contributed by atoms with van der Waals surface area (Å²) in [4.78, 5) is 7.22. The topological polar surface area (TPSA) is 46.1 Å². The third-order valence-electron chi connectivity index (χ3n) is 4.93. The Morgan fingerprint density at radius 2 is 1.90 bits per heavy atom. The smallest absolute Gasteiger partial charge is 0.194 e. The Bertz CT molecular complexity index is 755. The van der Waals surface area contributed by atoms with Crippen molar-refractivity contribution in [2.75, 3.05) is 33.4 Å². The minimum atomic E-state index is 0. The zero-order valence-corrected chi connectivity index (χ0v) is 19.7. The van der Waals surface area contributed by atoms with Gasteiger partial charge >= 0.3 is 0 Å². The molecular weight excluding hydrogens is 477 g/mol. The van der Waals surface area contributed by atoms with Crippen LogP contribution in [0, 0.1) is 5.92 Å². The van der Waals surface area contributed by atoms with Crippen LogP contribution in [0.15, 0.2) is 59.6 Å². The van der Waals surface area contributed by atoms with Crippen LogP contribution >= 0.6 is 24.0 Å². The van der Waals surface area contributed by atoms with Gasteiger partial charge in [-0.25, -0.2) is 4.99 Å². The predicted octanol–water partition coefficient (Wildman–Crippen LogP) is 4.32. The van der Waals surface area contributed by atoms with Crippen molar-refractivity contribution in [3.05, 3.63) is 65.7 Å². The number of nitrogens with zero attached hydrogens (tertiary/aromatic N) is 2. The average Bonchev–Trinajstić information content (AvgIpc) is 3.20. The molecule has 29 heavy (non-hydrogen) atoms. The van der Waals surface area contributed by atoms with E-state index in [1.54, 1.807) is 7.11 Å². The Balaban J connectivity index is 0.00000300. The molecular formula is C23H32IN3O2. The first-order chi connectivity index (χ1) is 13.8. The number of guanidine groups is 1. The van der Waals surface area contributed by atoms with E-state index in [2.05, 4.69) is 35.3 Å². The van der Waals surface area contributed by atoms with Crippen molar-refractivity contribution < 1.29 is 9.47 Å². The minimum Gasteiger partial charge on any atom is -0.489 e. The van der Waals surface area contributed by atoms with Crippen molar-refractivity contribution >= 4 is 29.9 Å². The van der Waals surface area contributed by atoms with Crippen LogP contribution in [0.25, 0.3) is 0 Å². The fraction of sp³-hybridized carbons (Fsp3) is 0.435. The van der Waals surface area contributed by atoms with Crippen LogP contribution in [-0.2, 0) is 17.9 Å². The molecule has 2 aromatic rings. The number of para-hydroxylation sites is 1. The van der Waals surface area contributed by atoms with Gasteiger partial charge in [0.15, 0.2) is 5.96 Å². The summed E-state index contributed by atoms with van der Waals surface area (Å²) in [7, 11) is 1.77. The van der Waals surface area contributed by atoms with Crippen LogP contribution in [0.4, 0.5) is 0 Å². The molecule has 3 rings (SSSR count). The van der Waals surface area contributed by atoms with Crippen molar-refractivity contribution in [3.8, 4) is 5.75 Å². The Hall–Kier alpha value is -1.80. The van der Waals surface area contributed by atoms with Crippen molar-refractivity contribution in [2.45, 2.75) is 26.5 Å². The van der Waals surface area contributed by atoms with Gasteiger partial charge in [-0.05, 0) is 25.0 Å². The summed E-state index contributed by atoms with van der Waals surface area (Å²) < 4.78 is 11.4. The van der Waals surface area contributed by atoms with Gasteiger partial charge in [0.1, 0.15) is 12.4 Å². The third-order valence-corrected chi connectivity index (χ3v) is 4.93. The van der Waals surface area contributed by atoms with E-state index in [0.717, 1.165) is 55.5 Å². The van der Waals surface area contributed by atoms with E-state index in [1.807, 2.05) is 36.4 Å². The van der Waals surface area contributed by atoms with Crippen LogP contribution < -0.4 is 10.1 Å². The van der Waals surface area contributed by atoms with Gasteiger partial charge < -0.3 is 19.7 Å². The molecule has 1 heterocycles. The number of benzene rings is 2. The molecule has 1 saturated heterocycles. The van der Waals surface area contributed by atoms with Gasteiger partial charge in [-0.1, -0.05) is 48.5 Å². The standard InChI is InChI=1S/C23H31N3O2.HI/c1-3-24-23(26-14-13-20(16-26)17-27-2)25-15-21-11-7-8-12-22(21)28-18-19-9-5-4-6-10-19;/h4-12,20H,3,13-18H2,1-2H3,(H,24,25);1H. The van der Waals surface area contributed by atoms with E-state index in [9.17, 15) is 0 Å². The Labute approximate surface area is 191 Å². The summed E-state index contributed by atoms with van der Waals surface area (Å²) in [5.74, 6) is 2.44. The lowest BCUT2D eigenvalue weighted by Gasteiger charge is -2.22. The van der Waals surface area contributed by atoms with Gasteiger partial charge in [-0.15, -0.1) is 24.0 Å². The van der Waals surface area contributed by atoms with E-state index in [0.29, 0.717) is 19.1 Å². The first-order valence-corrected chi connectivity index (χ1v) is 10.1. The number of hydrogen-bond acceptors (Lipinski definition) is 3. The summed E-state index contributed by atoms with van der Waals surface area (Å²) in [5, 5.41) is 3.43. The molecule has 0 amide bonds. The van der Waals surface area contributed by atoms with Gasteiger partial charge in [-0.3, -0.25) is 0 Å². The summed E-state index contributed by atoms with van der Waals surface area (Å²) in [6.45, 7) is 6.95. The van der Waals surface area contributed by atoms with Crippen LogP contribution in [-0.4, -0.2) is 44.2 Å². The average molecular weight is 509 g/mol. The molecule has 5 nitrogen and oxygen atoms in total. The maximum Gasteiger partial charge on any atom is 0.194 e. The third kappa shape index (κ3) is 7.19. The number of nitrogens with one attached hydrogen (secondary N) is 1. The Morgan fingerprint density at radius 3 is 2.66 bits per heavy atom. The summed E-state index contributed by atoms with van der Waals surface area (Å²) in [6.07, 6.45) is 1.15. The predicted molar refractivity (Wildman–Crippen MR) is 129 cm³/mol. The van der Waals surface area contributed by atoms with Crippen molar-refractivity contribution in [1.29, 1.82) is 0 Å². The van der Waals surface area contributed by atoms with E-state index in [-0.39, 0.29) is 24.0 Å². The van der Waals surface area contributed by atoms with Crippen LogP contribution in [0.2, 0.25) is 0 Å². The van der Waals surface area contributed by atoms with E-state index in [4.69, 9.17) is 14.5 Å². The van der Waals surface area contributed by atoms with Gasteiger partial charge in [-0.2, -0.15) is 0 Å². The van der Waals surface area contributed by atoms with E-state index < -0.39 is 0 Å². The highest BCUT2D eigenvalue weighted by molar-refractivity contribution is 14.0. The fourth-order valence-electron chi connectivity index (χ4n) is 3.49. The lowest BCUT2D eigenvalue weighted by atomic mass is 10.1. The zero-order chi connectivity index (χ0) is 19.6. The van der Waals surface area contributed by atoms with Crippen LogP contribution in [0.3, 0.4) is 0 Å². The molecule has 0 aromatic heterocycles. The Morgan fingerprint density at radius 1 is 1.14 bits per heavy atom. The van der Waals surface area contributed by atoms with Crippen LogP contribution in [0.1, 0.15) is 24.5 Å². The first-order valence-electron chi connectivity index (χ1n) is 10.1. The normalized spacial score (nSPS) is 16.4. The monoisotopic (exact) mass is 509 g/mol. The quantitative estimate of drug-likeness (QED) is 0.327. The molecule has 6 heteroatoms. The second-order valence-corrected chi connectivity index (χ2v) is 7.11. The summed E-state index contributed by atoms with van der Waals surface area (Å²) >= 11 is 0. The molecule has 0 radical (unpaired) electrons. The molecule has 0 bridgehead atoms. The molecule has 158 valence electrons. The number of hydrogen-bond donors (Lipinski definition) is 1. The highest BCUT2D eigenvalue weighted by atomic mass is 127. The highest BCUT2D eigenvalue weighted by Gasteiger charge is 2.24. The van der Waals surface area contributed by atoms with Crippen molar-refractivity contribution in [2.24, 2.45) is 10.9 Å². The molecule has 1 atom stereocenters. The molecule has 1 unspecified atom stereocenters. The molecule has 2 aromatic carbocycles. The van der Waals surface area contributed by atoms with Crippen molar-refractivity contribution in [3.63, 3.8) is 0 Å². The lowest BCUT2D eigenvalue weighted by Crippen LogP contribution is -2.40. The molecule has 1 aliphatic heterocycles. The van der Waals surface area contributed by atoms with Crippen LogP contribution in [0.5, 0.6) is 5.75 Å². The molecule has 0 aliphatic carbocycles. The number of aliphatic imine (C=N–C) groups is 1. The maximum atomic E-state index is 6.07. The molecule has 0 saturated carbocycles. The van der Waals surface area contributed by atoms with Gasteiger partial charge in [0, 0.05) is 38.2 Å². The Kier molecular flexibility index (Phi) is 10.3. The fourth-order valence-corrected chi connectivity index (χ4v) is 3.49. The van der Waals surface area contributed by atoms with E-state index in [1.165, 1.54) is 0 Å². The maximum absolute atomic E-state index is 6.07. The molecule has 1 aliphatic rings. The number of halogens is 1. The first kappa shape index (κ1) is 23.5. The summed E-state index contributed by atoms with van der Waals surface area (Å²) in [5.41, 5.74) is 2.26.